The average Bonchev–Trinajstić information content (AvgIpc) is 2.40. The van der Waals surface area contributed by atoms with Gasteiger partial charge in [0.2, 0.25) is 0 Å². The Morgan fingerprint density at radius 3 is 2.68 bits per heavy atom. The molecule has 1 N–H and O–H groups in total. The molecule has 0 saturated carbocycles. The summed E-state index contributed by atoms with van der Waals surface area (Å²) >= 11 is 0. The molecule has 4 nitrogen and oxygen atoms in total. The van der Waals surface area contributed by atoms with Crippen molar-refractivity contribution in [3.63, 3.8) is 0 Å². The van der Waals surface area contributed by atoms with Crippen molar-refractivity contribution in [1.29, 1.82) is 0 Å². The molecule has 1 aromatic heterocycles. The molecule has 0 spiro atoms. The molecule has 1 heterocycles. The number of benzene rings is 1. The maximum absolute atomic E-state index is 12.0. The van der Waals surface area contributed by atoms with Gasteiger partial charge in [0.25, 0.3) is 0 Å². The monoisotopic (exact) mass is 254 g/mol. The van der Waals surface area contributed by atoms with Crippen molar-refractivity contribution >= 4 is 11.9 Å². The summed E-state index contributed by atoms with van der Waals surface area (Å²) in [6.07, 6.45) is 2.95. The Bertz CT molecular complexity index is 753. The van der Waals surface area contributed by atoms with Gasteiger partial charge in [0, 0.05) is 18.1 Å². The van der Waals surface area contributed by atoms with E-state index in [9.17, 15) is 14.7 Å². The summed E-state index contributed by atoms with van der Waals surface area (Å²) in [4.78, 5) is 23.3. The first-order valence-corrected chi connectivity index (χ1v) is 5.81. The van der Waals surface area contributed by atoms with Crippen LogP contribution in [0.5, 0.6) is 5.75 Å². The lowest BCUT2D eigenvalue weighted by Crippen LogP contribution is -2.16. The van der Waals surface area contributed by atoms with Crippen LogP contribution in [0, 0.1) is 0 Å². The summed E-state index contributed by atoms with van der Waals surface area (Å²) in [5.74, 6) is 0.600. The van der Waals surface area contributed by atoms with E-state index in [2.05, 4.69) is 0 Å². The number of hydrogen-bond acceptors (Lipinski definition) is 4. The molecule has 19 heavy (non-hydrogen) atoms. The highest BCUT2D eigenvalue weighted by molar-refractivity contribution is 5.97. The van der Waals surface area contributed by atoms with Gasteiger partial charge in [0.1, 0.15) is 17.3 Å². The summed E-state index contributed by atoms with van der Waals surface area (Å²) < 4.78 is 5.60. The number of ketones is 1. The van der Waals surface area contributed by atoms with Gasteiger partial charge in [-0.05, 0) is 24.3 Å². The van der Waals surface area contributed by atoms with Gasteiger partial charge in [0.15, 0.2) is 11.2 Å². The van der Waals surface area contributed by atoms with Gasteiger partial charge in [-0.25, -0.2) is 0 Å². The highest BCUT2D eigenvalue weighted by atomic mass is 16.3. The summed E-state index contributed by atoms with van der Waals surface area (Å²) in [5, 5.41) is 9.77. The molecular formula is C15H10O4. The Kier molecular flexibility index (Phi) is 2.56. The van der Waals surface area contributed by atoms with Crippen LogP contribution >= 0.6 is 0 Å². The van der Waals surface area contributed by atoms with E-state index < -0.39 is 0 Å². The van der Waals surface area contributed by atoms with Gasteiger partial charge in [-0.1, -0.05) is 12.1 Å². The fourth-order valence-corrected chi connectivity index (χ4v) is 2.06. The first-order chi connectivity index (χ1) is 9.15. The number of fused-ring (bicyclic) bond motifs is 1. The molecule has 0 saturated heterocycles. The number of carbonyl (C=O) groups is 1. The van der Waals surface area contributed by atoms with Crippen molar-refractivity contribution in [3.8, 4) is 17.1 Å². The largest absolute Gasteiger partial charge is 0.507 e. The van der Waals surface area contributed by atoms with E-state index in [1.165, 1.54) is 24.3 Å². The Hall–Kier alpha value is -2.62. The third kappa shape index (κ3) is 1.97. The van der Waals surface area contributed by atoms with E-state index in [1.807, 2.05) is 0 Å². The predicted molar refractivity (Wildman–Crippen MR) is 69.8 cm³/mol. The molecule has 0 aliphatic heterocycles. The first kappa shape index (κ1) is 11.5. The maximum Gasteiger partial charge on any atom is 0.189 e. The molecule has 3 rings (SSSR count). The van der Waals surface area contributed by atoms with Crippen molar-refractivity contribution in [1.82, 2.24) is 0 Å². The topological polar surface area (TPSA) is 67.5 Å². The predicted octanol–water partition coefficient (Wildman–Crippen LogP) is 2.15. The Morgan fingerprint density at radius 1 is 1.11 bits per heavy atom. The van der Waals surface area contributed by atoms with Crippen LogP contribution in [0.1, 0.15) is 11.3 Å². The Labute approximate surface area is 108 Å². The van der Waals surface area contributed by atoms with Crippen LogP contribution < -0.4 is 5.43 Å². The second-order valence-electron chi connectivity index (χ2n) is 4.31. The van der Waals surface area contributed by atoms with E-state index in [0.29, 0.717) is 22.6 Å². The number of aromatic hydroxyl groups is 1. The number of rotatable bonds is 1. The molecule has 0 fully saturated rings. The zero-order chi connectivity index (χ0) is 13.4. The summed E-state index contributed by atoms with van der Waals surface area (Å²) in [6, 6.07) is 7.92. The summed E-state index contributed by atoms with van der Waals surface area (Å²) in [7, 11) is 0. The Balaban J connectivity index is 2.21. The molecule has 1 aliphatic rings. The van der Waals surface area contributed by atoms with Gasteiger partial charge in [-0.3, -0.25) is 9.59 Å². The maximum atomic E-state index is 12.0. The number of allylic oxidation sites excluding steroid dienone is 1. The standard InChI is InChI=1S/C15H10O4/c16-9-5-6-14-11(7-9)13(18)8-15(19-14)10-3-1-2-4-12(10)17/h1-6,8,17H,7H2. The molecule has 0 radical (unpaired) electrons. The SMILES string of the molecule is O=C1C=Cc2oc(-c3ccccc3O)cc(=O)c2C1. The van der Waals surface area contributed by atoms with Crippen LogP contribution in [0.2, 0.25) is 0 Å². The normalized spacial score (nSPS) is 13.4. The minimum absolute atomic E-state index is 0.0430. The van der Waals surface area contributed by atoms with Crippen molar-refractivity contribution in [2.75, 3.05) is 0 Å². The van der Waals surface area contributed by atoms with Crippen molar-refractivity contribution in [2.45, 2.75) is 6.42 Å². The van der Waals surface area contributed by atoms with Crippen molar-refractivity contribution in [3.05, 3.63) is 58.0 Å². The molecule has 1 aromatic carbocycles. The van der Waals surface area contributed by atoms with Gasteiger partial charge >= 0.3 is 0 Å². The van der Waals surface area contributed by atoms with Gasteiger partial charge in [0.05, 0.1) is 5.56 Å². The summed E-state index contributed by atoms with van der Waals surface area (Å²) in [6.45, 7) is 0. The second-order valence-corrected chi connectivity index (χ2v) is 4.31. The average molecular weight is 254 g/mol. The van der Waals surface area contributed by atoms with E-state index in [4.69, 9.17) is 4.42 Å². The third-order valence-electron chi connectivity index (χ3n) is 3.02. The van der Waals surface area contributed by atoms with Crippen LogP contribution in [0.4, 0.5) is 0 Å². The van der Waals surface area contributed by atoms with Crippen LogP contribution in [0.15, 0.2) is 45.6 Å². The Morgan fingerprint density at radius 2 is 1.89 bits per heavy atom. The molecule has 2 aromatic rings. The molecule has 0 atom stereocenters. The van der Waals surface area contributed by atoms with Crippen LogP contribution in [-0.2, 0) is 11.2 Å². The molecule has 94 valence electrons. The number of phenols is 1. The quantitative estimate of drug-likeness (QED) is 0.846. The smallest absolute Gasteiger partial charge is 0.189 e. The van der Waals surface area contributed by atoms with Crippen molar-refractivity contribution in [2.24, 2.45) is 0 Å². The van der Waals surface area contributed by atoms with E-state index in [0.717, 1.165) is 0 Å². The highest BCUT2D eigenvalue weighted by Crippen LogP contribution is 2.29. The second kappa shape index (κ2) is 4.24. The molecule has 0 amide bonds. The zero-order valence-corrected chi connectivity index (χ0v) is 9.92. The lowest BCUT2D eigenvalue weighted by Gasteiger charge is -2.10. The number of phenolic OH excluding ortho intramolecular Hbond substituents is 1. The molecule has 0 bridgehead atoms. The van der Waals surface area contributed by atoms with E-state index >= 15 is 0 Å². The number of carbonyl (C=O) groups excluding carboxylic acids is 1. The fraction of sp³-hybridized carbons (Fsp3) is 0.0667. The van der Waals surface area contributed by atoms with E-state index in [-0.39, 0.29) is 23.4 Å². The van der Waals surface area contributed by atoms with Gasteiger partial charge in [-0.2, -0.15) is 0 Å². The number of hydrogen-bond donors (Lipinski definition) is 1. The molecule has 1 aliphatic carbocycles. The minimum Gasteiger partial charge on any atom is -0.507 e. The van der Waals surface area contributed by atoms with Crippen molar-refractivity contribution < 1.29 is 14.3 Å². The van der Waals surface area contributed by atoms with E-state index in [1.54, 1.807) is 18.2 Å². The number of para-hydroxylation sites is 1. The summed E-state index contributed by atoms with van der Waals surface area (Å²) in [5.41, 5.74) is 0.566. The van der Waals surface area contributed by atoms with Gasteiger partial charge < -0.3 is 9.52 Å². The van der Waals surface area contributed by atoms with Crippen LogP contribution in [0.3, 0.4) is 0 Å². The zero-order valence-electron chi connectivity index (χ0n) is 9.92. The minimum atomic E-state index is -0.253. The van der Waals surface area contributed by atoms with Crippen LogP contribution in [-0.4, -0.2) is 10.9 Å². The lowest BCUT2D eigenvalue weighted by molar-refractivity contribution is -0.114. The van der Waals surface area contributed by atoms with Crippen LogP contribution in [0.25, 0.3) is 17.4 Å². The third-order valence-corrected chi connectivity index (χ3v) is 3.02. The molecular weight excluding hydrogens is 244 g/mol. The fourth-order valence-electron chi connectivity index (χ4n) is 2.06. The molecule has 0 unspecified atom stereocenters. The van der Waals surface area contributed by atoms with Gasteiger partial charge in [-0.15, -0.1) is 0 Å². The first-order valence-electron chi connectivity index (χ1n) is 5.81. The highest BCUT2D eigenvalue weighted by Gasteiger charge is 2.18. The lowest BCUT2D eigenvalue weighted by atomic mass is 10.0. The molecule has 4 heteroatoms.